The molecular formula is C9H12O4. The lowest BCUT2D eigenvalue weighted by Crippen LogP contribution is -2.16. The van der Waals surface area contributed by atoms with E-state index in [4.69, 9.17) is 10.2 Å². The lowest BCUT2D eigenvalue weighted by Gasteiger charge is -2.11. The summed E-state index contributed by atoms with van der Waals surface area (Å²) in [6, 6.07) is 0. The fraction of sp³-hybridized carbons (Fsp3) is 0.333. The van der Waals surface area contributed by atoms with E-state index in [2.05, 4.69) is 6.58 Å². The maximum Gasteiger partial charge on any atom is 0.328 e. The standard InChI is InChI=1S/C9H12O4/c1-5(2)8(9(12)13)6(3)4-7(10)11/h4,8H,1H2,2-3H3,(H,10,11)(H,12,13)/b6-4+. The molecule has 0 fully saturated rings. The van der Waals surface area contributed by atoms with E-state index in [1.165, 1.54) is 6.92 Å². The highest BCUT2D eigenvalue weighted by atomic mass is 16.4. The van der Waals surface area contributed by atoms with Crippen LogP contribution in [0.1, 0.15) is 13.8 Å². The number of hydrogen-bond donors (Lipinski definition) is 2. The maximum atomic E-state index is 10.7. The molecule has 2 N–H and O–H groups in total. The third-order valence-electron chi connectivity index (χ3n) is 1.55. The summed E-state index contributed by atoms with van der Waals surface area (Å²) >= 11 is 0. The highest BCUT2D eigenvalue weighted by molar-refractivity contribution is 5.84. The second kappa shape index (κ2) is 4.45. The van der Waals surface area contributed by atoms with Crippen LogP contribution in [0.5, 0.6) is 0 Å². The Bertz CT molecular complexity index is 261. The van der Waals surface area contributed by atoms with E-state index in [9.17, 15) is 9.59 Å². The molecule has 1 unspecified atom stereocenters. The molecule has 0 saturated carbocycles. The Kier molecular flexibility index (Phi) is 3.91. The van der Waals surface area contributed by atoms with Crippen LogP contribution in [0, 0.1) is 5.92 Å². The Morgan fingerprint density at radius 3 is 2.00 bits per heavy atom. The zero-order valence-corrected chi connectivity index (χ0v) is 7.57. The van der Waals surface area contributed by atoms with Crippen LogP contribution in [0.4, 0.5) is 0 Å². The molecule has 0 radical (unpaired) electrons. The molecular weight excluding hydrogens is 172 g/mol. The number of carbonyl (C=O) groups is 2. The average Bonchev–Trinajstić information content (AvgIpc) is 1.81. The van der Waals surface area contributed by atoms with Crippen LogP contribution in [0.3, 0.4) is 0 Å². The molecule has 72 valence electrons. The van der Waals surface area contributed by atoms with E-state index in [1.807, 2.05) is 0 Å². The largest absolute Gasteiger partial charge is 0.481 e. The van der Waals surface area contributed by atoms with Gasteiger partial charge in [0, 0.05) is 6.08 Å². The van der Waals surface area contributed by atoms with Gasteiger partial charge >= 0.3 is 11.9 Å². The lowest BCUT2D eigenvalue weighted by atomic mass is 9.94. The molecule has 0 aromatic heterocycles. The van der Waals surface area contributed by atoms with Gasteiger partial charge in [-0.25, -0.2) is 4.79 Å². The van der Waals surface area contributed by atoms with Gasteiger partial charge in [-0.15, -0.1) is 0 Å². The second-order valence-corrected chi connectivity index (χ2v) is 2.84. The number of hydrogen-bond acceptors (Lipinski definition) is 2. The van der Waals surface area contributed by atoms with Crippen molar-refractivity contribution in [2.24, 2.45) is 5.92 Å². The molecule has 13 heavy (non-hydrogen) atoms. The predicted octanol–water partition coefficient (Wildman–Crippen LogP) is 1.29. The van der Waals surface area contributed by atoms with Crippen molar-refractivity contribution >= 4 is 11.9 Å². The molecule has 0 spiro atoms. The van der Waals surface area contributed by atoms with Crippen molar-refractivity contribution in [2.45, 2.75) is 13.8 Å². The van der Waals surface area contributed by atoms with Gasteiger partial charge in [0.15, 0.2) is 0 Å². The summed E-state index contributed by atoms with van der Waals surface area (Å²) in [5.74, 6) is -3.14. The fourth-order valence-corrected chi connectivity index (χ4v) is 1.07. The van der Waals surface area contributed by atoms with Gasteiger partial charge < -0.3 is 10.2 Å². The van der Waals surface area contributed by atoms with Crippen molar-refractivity contribution < 1.29 is 19.8 Å². The summed E-state index contributed by atoms with van der Waals surface area (Å²) in [5, 5.41) is 17.1. The van der Waals surface area contributed by atoms with Crippen LogP contribution in [0.2, 0.25) is 0 Å². The molecule has 0 aliphatic heterocycles. The summed E-state index contributed by atoms with van der Waals surface area (Å²) in [6.07, 6.45) is 0.882. The third kappa shape index (κ3) is 3.55. The summed E-state index contributed by atoms with van der Waals surface area (Å²) < 4.78 is 0. The predicted molar refractivity (Wildman–Crippen MR) is 47.3 cm³/mol. The maximum absolute atomic E-state index is 10.7. The van der Waals surface area contributed by atoms with Gasteiger partial charge in [0.1, 0.15) is 0 Å². The molecule has 0 saturated heterocycles. The summed E-state index contributed by atoms with van der Waals surface area (Å²) in [6.45, 7) is 6.50. The Labute approximate surface area is 76.2 Å². The molecule has 0 aromatic carbocycles. The SMILES string of the molecule is C=C(C)C(C(=O)O)/C(C)=C/C(=O)O. The smallest absolute Gasteiger partial charge is 0.328 e. The van der Waals surface area contributed by atoms with Crippen molar-refractivity contribution in [1.29, 1.82) is 0 Å². The number of carboxylic acids is 2. The Balaban J connectivity index is 4.86. The van der Waals surface area contributed by atoms with Gasteiger partial charge in [-0.2, -0.15) is 0 Å². The van der Waals surface area contributed by atoms with Crippen molar-refractivity contribution in [3.05, 3.63) is 23.8 Å². The molecule has 0 aliphatic rings. The highest BCUT2D eigenvalue weighted by Gasteiger charge is 2.20. The average molecular weight is 184 g/mol. The van der Waals surface area contributed by atoms with Crippen LogP contribution in [0.15, 0.2) is 23.8 Å². The molecule has 0 heterocycles. The molecule has 4 nitrogen and oxygen atoms in total. The van der Waals surface area contributed by atoms with Crippen LogP contribution in [-0.2, 0) is 9.59 Å². The number of aliphatic carboxylic acids is 2. The topological polar surface area (TPSA) is 74.6 Å². The minimum atomic E-state index is -1.15. The first-order valence-electron chi connectivity index (χ1n) is 3.65. The van der Waals surface area contributed by atoms with E-state index in [-0.39, 0.29) is 5.57 Å². The van der Waals surface area contributed by atoms with Crippen LogP contribution < -0.4 is 0 Å². The highest BCUT2D eigenvalue weighted by Crippen LogP contribution is 2.18. The van der Waals surface area contributed by atoms with Crippen molar-refractivity contribution in [3.63, 3.8) is 0 Å². The molecule has 0 aromatic rings. The summed E-state index contributed by atoms with van der Waals surface area (Å²) in [7, 11) is 0. The third-order valence-corrected chi connectivity index (χ3v) is 1.55. The van der Waals surface area contributed by atoms with Crippen molar-refractivity contribution in [2.75, 3.05) is 0 Å². The summed E-state index contributed by atoms with van der Waals surface area (Å²) in [5.41, 5.74) is 0.690. The zero-order valence-electron chi connectivity index (χ0n) is 7.57. The van der Waals surface area contributed by atoms with Gasteiger partial charge in [-0.1, -0.05) is 12.2 Å². The minimum absolute atomic E-state index is 0.271. The van der Waals surface area contributed by atoms with Gasteiger partial charge in [0.2, 0.25) is 0 Å². The Hall–Kier alpha value is -1.58. The van der Waals surface area contributed by atoms with E-state index < -0.39 is 17.9 Å². The Morgan fingerprint density at radius 1 is 1.31 bits per heavy atom. The first-order chi connectivity index (χ1) is 5.86. The molecule has 0 bridgehead atoms. The molecule has 0 amide bonds. The van der Waals surface area contributed by atoms with Crippen LogP contribution in [0.25, 0.3) is 0 Å². The van der Waals surface area contributed by atoms with Crippen LogP contribution >= 0.6 is 0 Å². The van der Waals surface area contributed by atoms with Gasteiger partial charge in [0.05, 0.1) is 5.92 Å². The van der Waals surface area contributed by atoms with E-state index >= 15 is 0 Å². The molecule has 1 atom stereocenters. The normalized spacial score (nSPS) is 13.5. The number of carboxylic acid groups (broad SMARTS) is 2. The van der Waals surface area contributed by atoms with Crippen molar-refractivity contribution in [3.8, 4) is 0 Å². The van der Waals surface area contributed by atoms with E-state index in [0.717, 1.165) is 6.08 Å². The first kappa shape index (κ1) is 11.4. The lowest BCUT2D eigenvalue weighted by molar-refractivity contribution is -0.139. The molecule has 4 heteroatoms. The van der Waals surface area contributed by atoms with Gasteiger partial charge in [0.25, 0.3) is 0 Å². The number of rotatable bonds is 4. The van der Waals surface area contributed by atoms with Gasteiger partial charge in [-0.05, 0) is 19.4 Å². The van der Waals surface area contributed by atoms with Gasteiger partial charge in [-0.3, -0.25) is 4.79 Å². The Morgan fingerprint density at radius 2 is 1.77 bits per heavy atom. The molecule has 0 rings (SSSR count). The quantitative estimate of drug-likeness (QED) is 0.510. The second-order valence-electron chi connectivity index (χ2n) is 2.84. The summed E-state index contributed by atoms with van der Waals surface area (Å²) in [4.78, 5) is 20.9. The first-order valence-corrected chi connectivity index (χ1v) is 3.65. The fourth-order valence-electron chi connectivity index (χ4n) is 1.07. The molecule has 0 aliphatic carbocycles. The minimum Gasteiger partial charge on any atom is -0.481 e. The van der Waals surface area contributed by atoms with Crippen LogP contribution in [-0.4, -0.2) is 22.2 Å². The van der Waals surface area contributed by atoms with E-state index in [1.54, 1.807) is 6.92 Å². The van der Waals surface area contributed by atoms with Crippen molar-refractivity contribution in [1.82, 2.24) is 0 Å². The monoisotopic (exact) mass is 184 g/mol. The zero-order chi connectivity index (χ0) is 10.6. The van der Waals surface area contributed by atoms with E-state index in [0.29, 0.717) is 5.57 Å².